The van der Waals surface area contributed by atoms with Crippen molar-refractivity contribution < 1.29 is 9.32 Å². The van der Waals surface area contributed by atoms with E-state index in [1.54, 1.807) is 13.0 Å². The maximum absolute atomic E-state index is 11.9. The number of rotatable bonds is 3. The van der Waals surface area contributed by atoms with Crippen molar-refractivity contribution in [1.29, 1.82) is 0 Å². The first-order chi connectivity index (χ1) is 8.56. The molecular weight excluding hydrogens is 228 g/mol. The van der Waals surface area contributed by atoms with Crippen LogP contribution in [-0.2, 0) is 0 Å². The monoisotopic (exact) mass is 244 g/mol. The zero-order valence-electron chi connectivity index (χ0n) is 10.7. The SMILES string of the molecule is Cc1ccc(C(C)NC(=O)c2cc(C)on2)cc1. The van der Waals surface area contributed by atoms with Gasteiger partial charge in [0.15, 0.2) is 5.69 Å². The molecule has 4 nitrogen and oxygen atoms in total. The summed E-state index contributed by atoms with van der Waals surface area (Å²) in [5, 5.41) is 6.57. The lowest BCUT2D eigenvalue weighted by Crippen LogP contribution is -2.26. The quantitative estimate of drug-likeness (QED) is 0.903. The average molecular weight is 244 g/mol. The van der Waals surface area contributed by atoms with E-state index in [-0.39, 0.29) is 11.9 Å². The van der Waals surface area contributed by atoms with Gasteiger partial charge in [-0.2, -0.15) is 0 Å². The van der Waals surface area contributed by atoms with E-state index in [0.717, 1.165) is 5.56 Å². The summed E-state index contributed by atoms with van der Waals surface area (Å²) in [6, 6.07) is 9.63. The van der Waals surface area contributed by atoms with Crippen LogP contribution in [-0.4, -0.2) is 11.1 Å². The van der Waals surface area contributed by atoms with Gasteiger partial charge in [-0.15, -0.1) is 0 Å². The van der Waals surface area contributed by atoms with Crippen molar-refractivity contribution in [2.75, 3.05) is 0 Å². The van der Waals surface area contributed by atoms with Crippen molar-refractivity contribution in [3.8, 4) is 0 Å². The van der Waals surface area contributed by atoms with E-state index in [2.05, 4.69) is 10.5 Å². The van der Waals surface area contributed by atoms with E-state index in [4.69, 9.17) is 4.52 Å². The molecule has 0 aliphatic rings. The van der Waals surface area contributed by atoms with Crippen molar-refractivity contribution in [2.24, 2.45) is 0 Å². The third-order valence-electron chi connectivity index (χ3n) is 2.79. The van der Waals surface area contributed by atoms with Crippen LogP contribution in [0.1, 0.15) is 40.3 Å². The number of aryl methyl sites for hydroxylation is 2. The summed E-state index contributed by atoms with van der Waals surface area (Å²) in [5.74, 6) is 0.406. The minimum atomic E-state index is -0.222. The van der Waals surface area contributed by atoms with Crippen LogP contribution in [0.15, 0.2) is 34.9 Å². The molecule has 0 aliphatic carbocycles. The average Bonchev–Trinajstić information content (AvgIpc) is 2.76. The van der Waals surface area contributed by atoms with Gasteiger partial charge in [-0.3, -0.25) is 4.79 Å². The second-order valence-electron chi connectivity index (χ2n) is 4.43. The molecule has 1 heterocycles. The Morgan fingerprint density at radius 2 is 1.94 bits per heavy atom. The van der Waals surface area contributed by atoms with Crippen LogP contribution < -0.4 is 5.32 Å². The van der Waals surface area contributed by atoms with E-state index in [0.29, 0.717) is 11.5 Å². The molecule has 94 valence electrons. The normalized spacial score (nSPS) is 12.2. The van der Waals surface area contributed by atoms with E-state index in [9.17, 15) is 4.79 Å². The van der Waals surface area contributed by atoms with Crippen molar-refractivity contribution in [3.05, 3.63) is 52.9 Å². The van der Waals surface area contributed by atoms with Crippen molar-refractivity contribution >= 4 is 5.91 Å². The van der Waals surface area contributed by atoms with Gasteiger partial charge in [-0.25, -0.2) is 0 Å². The van der Waals surface area contributed by atoms with Gasteiger partial charge in [0, 0.05) is 6.07 Å². The fourth-order valence-electron chi connectivity index (χ4n) is 1.68. The minimum Gasteiger partial charge on any atom is -0.361 e. The Bertz CT molecular complexity index is 543. The van der Waals surface area contributed by atoms with E-state index >= 15 is 0 Å². The molecule has 18 heavy (non-hydrogen) atoms. The van der Waals surface area contributed by atoms with Gasteiger partial charge < -0.3 is 9.84 Å². The largest absolute Gasteiger partial charge is 0.361 e. The molecule has 1 atom stereocenters. The van der Waals surface area contributed by atoms with Gasteiger partial charge in [0.2, 0.25) is 0 Å². The van der Waals surface area contributed by atoms with Crippen molar-refractivity contribution in [2.45, 2.75) is 26.8 Å². The second-order valence-corrected chi connectivity index (χ2v) is 4.43. The number of hydrogen-bond acceptors (Lipinski definition) is 3. The predicted octanol–water partition coefficient (Wildman–Crippen LogP) is 2.78. The van der Waals surface area contributed by atoms with Crippen LogP contribution >= 0.6 is 0 Å². The lowest BCUT2D eigenvalue weighted by atomic mass is 10.1. The highest BCUT2D eigenvalue weighted by Gasteiger charge is 2.14. The molecule has 0 saturated heterocycles. The van der Waals surface area contributed by atoms with Crippen molar-refractivity contribution in [3.63, 3.8) is 0 Å². The number of nitrogens with zero attached hydrogens (tertiary/aromatic N) is 1. The topological polar surface area (TPSA) is 55.1 Å². The van der Waals surface area contributed by atoms with Gasteiger partial charge in [-0.1, -0.05) is 35.0 Å². The Morgan fingerprint density at radius 3 is 2.50 bits per heavy atom. The highest BCUT2D eigenvalue weighted by Crippen LogP contribution is 2.14. The molecular formula is C14H16N2O2. The molecule has 0 saturated carbocycles. The first kappa shape index (κ1) is 12.4. The number of hydrogen-bond donors (Lipinski definition) is 1. The first-order valence-corrected chi connectivity index (χ1v) is 5.87. The predicted molar refractivity (Wildman–Crippen MR) is 68.3 cm³/mol. The van der Waals surface area contributed by atoms with Crippen LogP contribution in [0.2, 0.25) is 0 Å². The lowest BCUT2D eigenvalue weighted by molar-refractivity contribution is 0.0930. The third kappa shape index (κ3) is 2.77. The smallest absolute Gasteiger partial charge is 0.273 e. The van der Waals surface area contributed by atoms with E-state index < -0.39 is 0 Å². The standard InChI is InChI=1S/C14H16N2O2/c1-9-4-6-12(7-5-9)11(3)15-14(17)13-8-10(2)18-16-13/h4-8,11H,1-3H3,(H,15,17). The number of carbonyl (C=O) groups is 1. The van der Waals surface area contributed by atoms with Gasteiger partial charge >= 0.3 is 0 Å². The van der Waals surface area contributed by atoms with Crippen LogP contribution in [0, 0.1) is 13.8 Å². The molecule has 1 aromatic carbocycles. The number of carbonyl (C=O) groups excluding carboxylic acids is 1. The highest BCUT2D eigenvalue weighted by molar-refractivity contribution is 5.92. The Kier molecular flexibility index (Phi) is 3.46. The molecule has 0 bridgehead atoms. The fraction of sp³-hybridized carbons (Fsp3) is 0.286. The van der Waals surface area contributed by atoms with Gasteiger partial charge in [0.25, 0.3) is 5.91 Å². The molecule has 0 fully saturated rings. The Morgan fingerprint density at radius 1 is 1.28 bits per heavy atom. The molecule has 2 aromatic rings. The van der Waals surface area contributed by atoms with Crippen LogP contribution in [0.4, 0.5) is 0 Å². The molecule has 1 N–H and O–H groups in total. The zero-order valence-corrected chi connectivity index (χ0v) is 10.7. The highest BCUT2D eigenvalue weighted by atomic mass is 16.5. The van der Waals surface area contributed by atoms with Crippen LogP contribution in [0.25, 0.3) is 0 Å². The molecule has 1 aromatic heterocycles. The van der Waals surface area contributed by atoms with E-state index in [1.165, 1.54) is 5.56 Å². The third-order valence-corrected chi connectivity index (χ3v) is 2.79. The number of nitrogens with one attached hydrogen (secondary N) is 1. The summed E-state index contributed by atoms with van der Waals surface area (Å²) in [4.78, 5) is 11.9. The second kappa shape index (κ2) is 5.04. The zero-order chi connectivity index (χ0) is 13.1. The maximum Gasteiger partial charge on any atom is 0.273 e. The van der Waals surface area contributed by atoms with Crippen LogP contribution in [0.5, 0.6) is 0 Å². The lowest BCUT2D eigenvalue weighted by Gasteiger charge is -2.13. The molecule has 0 radical (unpaired) electrons. The summed E-state index contributed by atoms with van der Waals surface area (Å²) in [5.41, 5.74) is 2.57. The first-order valence-electron chi connectivity index (χ1n) is 5.87. The fourth-order valence-corrected chi connectivity index (χ4v) is 1.68. The molecule has 0 spiro atoms. The minimum absolute atomic E-state index is 0.0601. The molecule has 1 unspecified atom stereocenters. The summed E-state index contributed by atoms with van der Waals surface area (Å²) < 4.78 is 4.88. The number of benzene rings is 1. The Labute approximate surface area is 106 Å². The summed E-state index contributed by atoms with van der Waals surface area (Å²) in [7, 11) is 0. The number of aromatic nitrogens is 1. The van der Waals surface area contributed by atoms with Gasteiger partial charge in [-0.05, 0) is 26.3 Å². The summed E-state index contributed by atoms with van der Waals surface area (Å²) in [6.45, 7) is 5.73. The number of amides is 1. The Balaban J connectivity index is 2.05. The molecule has 1 amide bonds. The summed E-state index contributed by atoms with van der Waals surface area (Å²) in [6.07, 6.45) is 0. The van der Waals surface area contributed by atoms with E-state index in [1.807, 2.05) is 38.1 Å². The van der Waals surface area contributed by atoms with Crippen LogP contribution in [0.3, 0.4) is 0 Å². The molecule has 2 rings (SSSR count). The maximum atomic E-state index is 11.9. The molecule has 4 heteroatoms. The molecule has 0 aliphatic heterocycles. The Hall–Kier alpha value is -2.10. The van der Waals surface area contributed by atoms with Gasteiger partial charge in [0.1, 0.15) is 5.76 Å². The summed E-state index contributed by atoms with van der Waals surface area (Å²) >= 11 is 0. The van der Waals surface area contributed by atoms with Gasteiger partial charge in [0.05, 0.1) is 6.04 Å². The van der Waals surface area contributed by atoms with Crippen molar-refractivity contribution in [1.82, 2.24) is 10.5 Å².